The molecule has 0 bridgehead atoms. The van der Waals surface area contributed by atoms with Crippen LogP contribution in [0.25, 0.3) is 5.57 Å². The number of esters is 2. The zero-order valence-corrected chi connectivity index (χ0v) is 14.8. The summed E-state index contributed by atoms with van der Waals surface area (Å²) in [6.45, 7) is 0. The zero-order chi connectivity index (χ0) is 19.6. The molecule has 0 aliphatic heterocycles. The Labute approximate surface area is 156 Å². The molecule has 2 aromatic carbocycles. The molecule has 0 heterocycles. The van der Waals surface area contributed by atoms with Gasteiger partial charge in [-0.2, -0.15) is 0 Å². The molecule has 0 radical (unpaired) electrons. The lowest BCUT2D eigenvalue weighted by atomic mass is 9.77. The van der Waals surface area contributed by atoms with Gasteiger partial charge >= 0.3 is 11.9 Å². The van der Waals surface area contributed by atoms with Crippen LogP contribution in [0.5, 0.6) is 0 Å². The van der Waals surface area contributed by atoms with E-state index in [1.54, 1.807) is 60.7 Å². The van der Waals surface area contributed by atoms with Crippen LogP contribution in [0.3, 0.4) is 0 Å². The first-order chi connectivity index (χ1) is 13.0. The SMILES string of the molecule is COC(=O)C1=C(c2ccccc2)C(O)(c2ccccc2)C(C(=O)OC)C1=O. The van der Waals surface area contributed by atoms with E-state index in [4.69, 9.17) is 9.47 Å². The Morgan fingerprint density at radius 1 is 0.926 bits per heavy atom. The first-order valence-corrected chi connectivity index (χ1v) is 8.25. The Morgan fingerprint density at radius 3 is 2.00 bits per heavy atom. The second-order valence-electron chi connectivity index (χ2n) is 6.06. The van der Waals surface area contributed by atoms with Gasteiger partial charge in [0.1, 0.15) is 11.2 Å². The second kappa shape index (κ2) is 7.17. The summed E-state index contributed by atoms with van der Waals surface area (Å²) < 4.78 is 9.54. The van der Waals surface area contributed by atoms with Gasteiger partial charge < -0.3 is 14.6 Å². The van der Waals surface area contributed by atoms with Gasteiger partial charge in [-0.1, -0.05) is 60.7 Å². The highest BCUT2D eigenvalue weighted by Crippen LogP contribution is 2.51. The number of carbonyl (C=O) groups excluding carboxylic acids is 3. The number of ether oxygens (including phenoxy) is 2. The molecule has 3 rings (SSSR count). The van der Waals surface area contributed by atoms with Crippen LogP contribution in [0.4, 0.5) is 0 Å². The van der Waals surface area contributed by atoms with Crippen molar-refractivity contribution in [3.05, 3.63) is 77.4 Å². The van der Waals surface area contributed by atoms with Crippen molar-refractivity contribution in [3.8, 4) is 0 Å². The lowest BCUT2D eigenvalue weighted by Crippen LogP contribution is -2.41. The fourth-order valence-corrected chi connectivity index (χ4v) is 3.46. The molecule has 0 fully saturated rings. The summed E-state index contributed by atoms with van der Waals surface area (Å²) in [5.41, 5.74) is -1.67. The number of Topliss-reactive ketones (excluding diaryl/α,β-unsaturated/α-hetero) is 1. The summed E-state index contributed by atoms with van der Waals surface area (Å²) in [6.07, 6.45) is 0. The summed E-state index contributed by atoms with van der Waals surface area (Å²) in [5, 5.41) is 11.7. The quantitative estimate of drug-likeness (QED) is 0.505. The van der Waals surface area contributed by atoms with E-state index in [0.29, 0.717) is 11.1 Å². The molecule has 2 atom stereocenters. The molecule has 1 N–H and O–H groups in total. The van der Waals surface area contributed by atoms with Gasteiger partial charge in [0.25, 0.3) is 0 Å². The summed E-state index contributed by atoms with van der Waals surface area (Å²) in [5.74, 6) is -4.30. The Balaban J connectivity index is 2.39. The van der Waals surface area contributed by atoms with Crippen molar-refractivity contribution in [1.82, 2.24) is 0 Å². The number of carbonyl (C=O) groups is 3. The van der Waals surface area contributed by atoms with Crippen LogP contribution in [0.1, 0.15) is 11.1 Å². The largest absolute Gasteiger partial charge is 0.468 e. The first-order valence-electron chi connectivity index (χ1n) is 8.25. The highest BCUT2D eigenvalue weighted by Gasteiger charge is 2.60. The third-order valence-electron chi connectivity index (χ3n) is 4.66. The molecule has 0 spiro atoms. The van der Waals surface area contributed by atoms with Gasteiger partial charge in [0, 0.05) is 5.57 Å². The van der Waals surface area contributed by atoms with E-state index in [1.165, 1.54) is 0 Å². The van der Waals surface area contributed by atoms with Crippen LogP contribution in [-0.2, 0) is 29.5 Å². The maximum absolute atomic E-state index is 13.1. The lowest BCUT2D eigenvalue weighted by molar-refractivity contribution is -0.155. The van der Waals surface area contributed by atoms with E-state index >= 15 is 0 Å². The molecule has 6 nitrogen and oxygen atoms in total. The third kappa shape index (κ3) is 2.84. The average Bonchev–Trinajstić information content (AvgIpc) is 2.96. The maximum Gasteiger partial charge on any atom is 0.341 e. The number of hydrogen-bond acceptors (Lipinski definition) is 6. The topological polar surface area (TPSA) is 89.9 Å². The van der Waals surface area contributed by atoms with Gasteiger partial charge in [0.15, 0.2) is 11.7 Å². The molecule has 0 saturated heterocycles. The van der Waals surface area contributed by atoms with Crippen LogP contribution in [-0.4, -0.2) is 37.0 Å². The highest BCUT2D eigenvalue weighted by atomic mass is 16.5. The van der Waals surface area contributed by atoms with Crippen LogP contribution >= 0.6 is 0 Å². The Kier molecular flexibility index (Phi) is 4.92. The maximum atomic E-state index is 13.1. The van der Waals surface area contributed by atoms with E-state index < -0.39 is 29.2 Å². The summed E-state index contributed by atoms with van der Waals surface area (Å²) in [7, 11) is 2.26. The Hall–Kier alpha value is -3.25. The van der Waals surface area contributed by atoms with Gasteiger partial charge in [0.05, 0.1) is 14.2 Å². The molecule has 1 aliphatic carbocycles. The van der Waals surface area contributed by atoms with Crippen LogP contribution in [0.2, 0.25) is 0 Å². The molecule has 0 aromatic heterocycles. The predicted molar refractivity (Wildman–Crippen MR) is 96.2 cm³/mol. The molecule has 2 aromatic rings. The minimum Gasteiger partial charge on any atom is -0.468 e. The van der Waals surface area contributed by atoms with E-state index in [0.717, 1.165) is 14.2 Å². The van der Waals surface area contributed by atoms with Gasteiger partial charge in [-0.25, -0.2) is 4.79 Å². The highest BCUT2D eigenvalue weighted by molar-refractivity contribution is 6.32. The van der Waals surface area contributed by atoms with Crippen molar-refractivity contribution in [3.63, 3.8) is 0 Å². The van der Waals surface area contributed by atoms with Crippen molar-refractivity contribution in [1.29, 1.82) is 0 Å². The molecule has 27 heavy (non-hydrogen) atoms. The third-order valence-corrected chi connectivity index (χ3v) is 4.66. The number of benzene rings is 2. The fourth-order valence-electron chi connectivity index (χ4n) is 3.46. The van der Waals surface area contributed by atoms with Crippen molar-refractivity contribution < 1.29 is 29.0 Å². The minimum atomic E-state index is -2.07. The van der Waals surface area contributed by atoms with E-state index in [2.05, 4.69) is 0 Å². The van der Waals surface area contributed by atoms with Gasteiger partial charge in [0.2, 0.25) is 0 Å². The second-order valence-corrected chi connectivity index (χ2v) is 6.06. The van der Waals surface area contributed by atoms with Crippen LogP contribution < -0.4 is 0 Å². The Morgan fingerprint density at radius 2 is 1.48 bits per heavy atom. The monoisotopic (exact) mass is 366 g/mol. The fraction of sp³-hybridized carbons (Fsp3) is 0.190. The van der Waals surface area contributed by atoms with Crippen molar-refractivity contribution in [2.75, 3.05) is 14.2 Å². The van der Waals surface area contributed by atoms with Crippen molar-refractivity contribution in [2.45, 2.75) is 5.60 Å². The van der Waals surface area contributed by atoms with E-state index in [9.17, 15) is 19.5 Å². The molecule has 1 aliphatic rings. The molecular formula is C21H18O6. The minimum absolute atomic E-state index is 0.0292. The van der Waals surface area contributed by atoms with E-state index in [1.807, 2.05) is 0 Å². The zero-order valence-electron chi connectivity index (χ0n) is 14.8. The van der Waals surface area contributed by atoms with Gasteiger partial charge in [-0.3, -0.25) is 9.59 Å². The van der Waals surface area contributed by atoms with Crippen molar-refractivity contribution >= 4 is 23.3 Å². The number of ketones is 1. The summed E-state index contributed by atoms with van der Waals surface area (Å²) >= 11 is 0. The molecule has 2 unspecified atom stereocenters. The molecule has 138 valence electrons. The average molecular weight is 366 g/mol. The molecular weight excluding hydrogens is 348 g/mol. The molecule has 0 amide bonds. The first kappa shape index (κ1) is 18.5. The number of aliphatic hydroxyl groups is 1. The van der Waals surface area contributed by atoms with E-state index in [-0.39, 0.29) is 11.1 Å². The Bertz CT molecular complexity index is 916. The molecule has 6 heteroatoms. The van der Waals surface area contributed by atoms with Gasteiger partial charge in [-0.15, -0.1) is 0 Å². The van der Waals surface area contributed by atoms with Gasteiger partial charge in [-0.05, 0) is 11.1 Å². The molecule has 0 saturated carbocycles. The normalized spacial score (nSPS) is 21.9. The van der Waals surface area contributed by atoms with Crippen molar-refractivity contribution in [2.24, 2.45) is 5.92 Å². The number of methoxy groups -OCH3 is 2. The smallest absolute Gasteiger partial charge is 0.341 e. The lowest BCUT2D eigenvalue weighted by Gasteiger charge is -2.31. The standard InChI is InChI=1S/C21H18O6/c1-26-19(23)15-16(13-9-5-3-6-10-13)21(25,14-11-7-4-8-12-14)17(18(15)22)20(24)27-2/h3-12,17,25H,1-2H3. The number of hydrogen-bond donors (Lipinski definition) is 1. The number of rotatable bonds is 4. The summed E-state index contributed by atoms with van der Waals surface area (Å²) in [6, 6.07) is 16.7. The summed E-state index contributed by atoms with van der Waals surface area (Å²) in [4.78, 5) is 37.9. The van der Waals surface area contributed by atoms with Crippen LogP contribution in [0.15, 0.2) is 66.2 Å². The predicted octanol–water partition coefficient (Wildman–Crippen LogP) is 1.87. The van der Waals surface area contributed by atoms with Crippen LogP contribution in [0, 0.1) is 5.92 Å².